The molecule has 6 nitrogen and oxygen atoms in total. The third-order valence-electron chi connectivity index (χ3n) is 3.41. The van der Waals surface area contributed by atoms with Crippen LogP contribution in [0.3, 0.4) is 0 Å². The molecule has 0 aliphatic rings. The summed E-state index contributed by atoms with van der Waals surface area (Å²) < 4.78 is 0. The van der Waals surface area contributed by atoms with Gasteiger partial charge >= 0.3 is 6.03 Å². The van der Waals surface area contributed by atoms with Crippen molar-refractivity contribution in [2.45, 2.75) is 19.8 Å². The van der Waals surface area contributed by atoms with Gasteiger partial charge in [0.25, 0.3) is 0 Å². The summed E-state index contributed by atoms with van der Waals surface area (Å²) in [6.07, 6.45) is 1.88. The van der Waals surface area contributed by atoms with Crippen molar-refractivity contribution in [2.24, 2.45) is 0 Å². The van der Waals surface area contributed by atoms with Crippen LogP contribution in [0.5, 0.6) is 5.75 Å². The van der Waals surface area contributed by atoms with Crippen molar-refractivity contribution >= 4 is 29.0 Å². The molecule has 3 rings (SSSR count). The van der Waals surface area contributed by atoms with Crippen molar-refractivity contribution < 1.29 is 9.90 Å². The Hall–Kier alpha value is -2.93. The Morgan fingerprint density at radius 2 is 1.84 bits per heavy atom. The number of hydrogen-bond donors (Lipinski definition) is 3. The zero-order chi connectivity index (χ0) is 17.6. The number of pyridine rings is 1. The Balaban J connectivity index is 1.63. The third kappa shape index (κ3) is 4.54. The first-order valence-electron chi connectivity index (χ1n) is 7.93. The van der Waals surface area contributed by atoms with Crippen molar-refractivity contribution in [1.82, 2.24) is 9.97 Å². The van der Waals surface area contributed by atoms with E-state index in [1.165, 1.54) is 11.3 Å². The fourth-order valence-corrected chi connectivity index (χ4v) is 3.03. The number of phenols is 1. The van der Waals surface area contributed by atoms with E-state index in [9.17, 15) is 9.90 Å². The van der Waals surface area contributed by atoms with Gasteiger partial charge in [-0.15, -0.1) is 11.3 Å². The molecule has 0 fully saturated rings. The molecule has 25 heavy (non-hydrogen) atoms. The quantitative estimate of drug-likeness (QED) is 0.629. The van der Waals surface area contributed by atoms with E-state index in [1.54, 1.807) is 35.7 Å². The summed E-state index contributed by atoms with van der Waals surface area (Å²) in [6, 6.07) is 11.9. The second-order valence-corrected chi connectivity index (χ2v) is 6.29. The molecule has 7 heteroatoms. The molecule has 0 saturated carbocycles. The number of nitrogens with zero attached hydrogens (tertiary/aromatic N) is 2. The summed E-state index contributed by atoms with van der Waals surface area (Å²) >= 11 is 1.41. The van der Waals surface area contributed by atoms with E-state index >= 15 is 0 Å². The number of hydrogen-bond acceptors (Lipinski definition) is 5. The van der Waals surface area contributed by atoms with Crippen molar-refractivity contribution in [3.8, 4) is 16.3 Å². The molecule has 128 valence electrons. The molecular weight excluding hydrogens is 336 g/mol. The largest absolute Gasteiger partial charge is 0.508 e. The Morgan fingerprint density at radius 1 is 1.08 bits per heavy atom. The van der Waals surface area contributed by atoms with Gasteiger partial charge in [0, 0.05) is 16.6 Å². The van der Waals surface area contributed by atoms with E-state index < -0.39 is 0 Å². The maximum absolute atomic E-state index is 12.1. The number of amides is 2. The van der Waals surface area contributed by atoms with Gasteiger partial charge in [-0.2, -0.15) is 0 Å². The molecule has 0 bridgehead atoms. The number of nitrogens with one attached hydrogen (secondary N) is 2. The predicted molar refractivity (Wildman–Crippen MR) is 100 cm³/mol. The number of aryl methyl sites for hydroxylation is 1. The van der Waals surface area contributed by atoms with Crippen LogP contribution in [-0.2, 0) is 6.42 Å². The standard InChI is InChI=1S/C18H18N4O2S/c1-2-4-13-5-3-6-15(19-13)21-18(24)22-16-11-25-17(20-16)12-7-9-14(23)10-8-12/h3,5-11,23H,2,4H2,1H3,(H2,19,21,22,24). The molecule has 2 heterocycles. The fourth-order valence-electron chi connectivity index (χ4n) is 2.28. The van der Waals surface area contributed by atoms with Gasteiger partial charge in [0.05, 0.1) is 0 Å². The van der Waals surface area contributed by atoms with Crippen LogP contribution in [0.15, 0.2) is 47.8 Å². The maximum atomic E-state index is 12.1. The lowest BCUT2D eigenvalue weighted by molar-refractivity contribution is 0.262. The van der Waals surface area contributed by atoms with Crippen LogP contribution in [0.25, 0.3) is 10.6 Å². The van der Waals surface area contributed by atoms with Gasteiger partial charge in [0.15, 0.2) is 0 Å². The molecule has 3 aromatic rings. The van der Waals surface area contributed by atoms with E-state index in [4.69, 9.17) is 0 Å². The second kappa shape index (κ2) is 7.76. The highest BCUT2D eigenvalue weighted by molar-refractivity contribution is 7.13. The van der Waals surface area contributed by atoms with Gasteiger partial charge < -0.3 is 5.11 Å². The summed E-state index contributed by atoms with van der Waals surface area (Å²) in [5.74, 6) is 1.18. The normalized spacial score (nSPS) is 10.4. The average Bonchev–Trinajstić information content (AvgIpc) is 3.04. The first-order valence-corrected chi connectivity index (χ1v) is 8.81. The number of carbonyl (C=O) groups is 1. The zero-order valence-corrected chi connectivity index (χ0v) is 14.5. The second-order valence-electron chi connectivity index (χ2n) is 5.43. The lowest BCUT2D eigenvalue weighted by Crippen LogP contribution is -2.20. The number of thiazole rings is 1. The fraction of sp³-hybridized carbons (Fsp3) is 0.167. The summed E-state index contributed by atoms with van der Waals surface area (Å²) in [5, 5.41) is 17.3. The van der Waals surface area contributed by atoms with Crippen LogP contribution < -0.4 is 10.6 Å². The minimum atomic E-state index is -0.385. The highest BCUT2D eigenvalue weighted by atomic mass is 32.1. The summed E-state index contributed by atoms with van der Waals surface area (Å²) in [4.78, 5) is 20.9. The molecule has 0 spiro atoms. The highest BCUT2D eigenvalue weighted by Crippen LogP contribution is 2.27. The van der Waals surface area contributed by atoms with Crippen molar-refractivity contribution in [2.75, 3.05) is 10.6 Å². The lowest BCUT2D eigenvalue weighted by atomic mass is 10.2. The van der Waals surface area contributed by atoms with E-state index in [0.29, 0.717) is 11.6 Å². The highest BCUT2D eigenvalue weighted by Gasteiger charge is 2.09. The smallest absolute Gasteiger partial charge is 0.326 e. The average molecular weight is 354 g/mol. The van der Waals surface area contributed by atoms with E-state index in [1.807, 2.05) is 12.1 Å². The minimum Gasteiger partial charge on any atom is -0.508 e. The molecular formula is C18H18N4O2S. The molecule has 3 N–H and O–H groups in total. The summed E-state index contributed by atoms with van der Waals surface area (Å²) in [7, 11) is 0. The van der Waals surface area contributed by atoms with Crippen LogP contribution in [0.1, 0.15) is 19.0 Å². The zero-order valence-electron chi connectivity index (χ0n) is 13.7. The molecule has 2 aromatic heterocycles. The van der Waals surface area contributed by atoms with E-state index in [2.05, 4.69) is 27.5 Å². The molecule has 0 aliphatic carbocycles. The van der Waals surface area contributed by atoms with E-state index in [-0.39, 0.29) is 11.8 Å². The SMILES string of the molecule is CCCc1cccc(NC(=O)Nc2csc(-c3ccc(O)cc3)n2)n1. The van der Waals surface area contributed by atoms with Crippen LogP contribution >= 0.6 is 11.3 Å². The van der Waals surface area contributed by atoms with Crippen LogP contribution in [0.4, 0.5) is 16.4 Å². The predicted octanol–water partition coefficient (Wildman–Crippen LogP) is 4.51. The number of urea groups is 1. The minimum absolute atomic E-state index is 0.204. The molecule has 0 aliphatic heterocycles. The number of rotatable bonds is 5. The van der Waals surface area contributed by atoms with Crippen LogP contribution in [0, 0.1) is 0 Å². The van der Waals surface area contributed by atoms with Crippen molar-refractivity contribution in [3.05, 3.63) is 53.5 Å². The summed E-state index contributed by atoms with van der Waals surface area (Å²) in [6.45, 7) is 2.09. The Morgan fingerprint density at radius 3 is 2.60 bits per heavy atom. The number of aromatic hydroxyl groups is 1. The van der Waals surface area contributed by atoms with Gasteiger partial charge in [0.2, 0.25) is 0 Å². The first kappa shape index (κ1) is 16.9. The number of benzene rings is 1. The van der Waals surface area contributed by atoms with Crippen LogP contribution in [-0.4, -0.2) is 21.1 Å². The van der Waals surface area contributed by atoms with Crippen molar-refractivity contribution in [1.29, 1.82) is 0 Å². The topological polar surface area (TPSA) is 87.1 Å². The number of anilines is 2. The molecule has 2 amide bonds. The first-order chi connectivity index (χ1) is 12.1. The Labute approximate surface area is 149 Å². The monoisotopic (exact) mass is 354 g/mol. The van der Waals surface area contributed by atoms with Crippen molar-refractivity contribution in [3.63, 3.8) is 0 Å². The Kier molecular flexibility index (Phi) is 5.25. The third-order valence-corrected chi connectivity index (χ3v) is 4.31. The number of carbonyl (C=O) groups excluding carboxylic acids is 1. The number of phenolic OH excluding ortho intramolecular Hbond substituents is 1. The summed E-state index contributed by atoms with van der Waals surface area (Å²) in [5.41, 5.74) is 1.83. The molecule has 0 atom stereocenters. The molecule has 0 radical (unpaired) electrons. The molecule has 0 unspecified atom stereocenters. The molecule has 0 saturated heterocycles. The Bertz CT molecular complexity index is 862. The van der Waals surface area contributed by atoms with E-state index in [0.717, 1.165) is 29.1 Å². The number of aromatic nitrogens is 2. The van der Waals surface area contributed by atoms with Gasteiger partial charge in [-0.05, 0) is 42.8 Å². The van der Waals surface area contributed by atoms with Gasteiger partial charge in [-0.3, -0.25) is 10.6 Å². The van der Waals surface area contributed by atoms with Gasteiger partial charge in [0.1, 0.15) is 22.4 Å². The van der Waals surface area contributed by atoms with Gasteiger partial charge in [-0.25, -0.2) is 14.8 Å². The lowest BCUT2D eigenvalue weighted by Gasteiger charge is -2.06. The molecule has 1 aromatic carbocycles. The van der Waals surface area contributed by atoms with Gasteiger partial charge in [-0.1, -0.05) is 19.4 Å². The van der Waals surface area contributed by atoms with Crippen LogP contribution in [0.2, 0.25) is 0 Å². The maximum Gasteiger partial charge on any atom is 0.326 e.